The molecule has 12 heavy (non-hydrogen) atoms. The molecule has 1 fully saturated rings. The SMILES string of the molecule is C[C@@H]1N[C@@H](C(=O)O)C[C@@H]1C(=O)O. The molecule has 0 bridgehead atoms. The lowest BCUT2D eigenvalue weighted by atomic mass is 10.0. The zero-order valence-corrected chi connectivity index (χ0v) is 6.65. The Hall–Kier alpha value is -1.10. The Balaban J connectivity index is 2.62. The average Bonchev–Trinajstić information content (AvgIpc) is 2.30. The van der Waals surface area contributed by atoms with Gasteiger partial charge in [0.2, 0.25) is 0 Å². The molecule has 0 aromatic carbocycles. The van der Waals surface area contributed by atoms with Gasteiger partial charge in [-0.2, -0.15) is 0 Å². The molecule has 1 rings (SSSR count). The minimum atomic E-state index is -0.981. The molecule has 0 radical (unpaired) electrons. The second-order valence-corrected chi connectivity index (χ2v) is 3.03. The van der Waals surface area contributed by atoms with E-state index in [4.69, 9.17) is 10.2 Å². The van der Waals surface area contributed by atoms with Gasteiger partial charge in [0.15, 0.2) is 0 Å². The van der Waals surface area contributed by atoms with Gasteiger partial charge in [-0.1, -0.05) is 0 Å². The fourth-order valence-corrected chi connectivity index (χ4v) is 1.45. The highest BCUT2D eigenvalue weighted by Gasteiger charge is 2.38. The molecule has 1 heterocycles. The van der Waals surface area contributed by atoms with Crippen molar-refractivity contribution in [1.82, 2.24) is 5.32 Å². The van der Waals surface area contributed by atoms with E-state index in [9.17, 15) is 9.59 Å². The highest BCUT2D eigenvalue weighted by molar-refractivity contribution is 5.78. The van der Waals surface area contributed by atoms with Crippen LogP contribution in [0.3, 0.4) is 0 Å². The van der Waals surface area contributed by atoms with Crippen molar-refractivity contribution in [3.63, 3.8) is 0 Å². The molecule has 0 spiro atoms. The third-order valence-electron chi connectivity index (χ3n) is 2.17. The molecule has 1 aliphatic rings. The number of nitrogens with one attached hydrogen (secondary N) is 1. The van der Waals surface area contributed by atoms with Gasteiger partial charge >= 0.3 is 11.9 Å². The van der Waals surface area contributed by atoms with Crippen molar-refractivity contribution in [2.24, 2.45) is 5.92 Å². The van der Waals surface area contributed by atoms with E-state index in [1.54, 1.807) is 6.92 Å². The van der Waals surface area contributed by atoms with Gasteiger partial charge in [-0.25, -0.2) is 0 Å². The van der Waals surface area contributed by atoms with Crippen LogP contribution in [0.5, 0.6) is 0 Å². The summed E-state index contributed by atoms with van der Waals surface area (Å²) >= 11 is 0. The minimum Gasteiger partial charge on any atom is -0.481 e. The first kappa shape index (κ1) is 8.99. The van der Waals surface area contributed by atoms with Gasteiger partial charge in [0.05, 0.1) is 5.92 Å². The van der Waals surface area contributed by atoms with Crippen LogP contribution in [0.2, 0.25) is 0 Å². The molecule has 0 saturated carbocycles. The maximum atomic E-state index is 10.5. The first-order chi connectivity index (χ1) is 5.52. The normalized spacial score (nSPS) is 34.9. The summed E-state index contributed by atoms with van der Waals surface area (Å²) < 4.78 is 0. The molecule has 1 saturated heterocycles. The summed E-state index contributed by atoms with van der Waals surface area (Å²) in [5.74, 6) is -2.49. The lowest BCUT2D eigenvalue weighted by Crippen LogP contribution is -2.35. The van der Waals surface area contributed by atoms with Crippen LogP contribution in [0.25, 0.3) is 0 Å². The highest BCUT2D eigenvalue weighted by atomic mass is 16.4. The third-order valence-corrected chi connectivity index (χ3v) is 2.17. The van der Waals surface area contributed by atoms with Crippen LogP contribution in [-0.2, 0) is 9.59 Å². The molecule has 0 aliphatic carbocycles. The Morgan fingerprint density at radius 3 is 2.17 bits per heavy atom. The van der Waals surface area contributed by atoms with Crippen molar-refractivity contribution in [1.29, 1.82) is 0 Å². The van der Waals surface area contributed by atoms with Crippen molar-refractivity contribution in [2.75, 3.05) is 0 Å². The van der Waals surface area contributed by atoms with E-state index in [1.807, 2.05) is 0 Å². The van der Waals surface area contributed by atoms with Crippen molar-refractivity contribution in [3.05, 3.63) is 0 Å². The predicted octanol–water partition coefficient (Wildman–Crippen LogP) is -0.478. The zero-order chi connectivity index (χ0) is 9.30. The number of carbonyl (C=O) groups is 2. The van der Waals surface area contributed by atoms with Gasteiger partial charge < -0.3 is 15.5 Å². The molecule has 3 N–H and O–H groups in total. The van der Waals surface area contributed by atoms with Crippen molar-refractivity contribution >= 4 is 11.9 Å². The number of hydrogen-bond acceptors (Lipinski definition) is 3. The quantitative estimate of drug-likeness (QED) is 0.525. The number of carboxylic acids is 2. The molecule has 0 aromatic heterocycles. The monoisotopic (exact) mass is 173 g/mol. The van der Waals surface area contributed by atoms with Gasteiger partial charge in [-0.05, 0) is 13.3 Å². The van der Waals surface area contributed by atoms with Crippen LogP contribution in [0.15, 0.2) is 0 Å². The molecule has 1 aliphatic heterocycles. The van der Waals surface area contributed by atoms with E-state index in [0.717, 1.165) is 0 Å². The number of hydrogen-bond donors (Lipinski definition) is 3. The first-order valence-electron chi connectivity index (χ1n) is 3.74. The van der Waals surface area contributed by atoms with Gasteiger partial charge in [0.25, 0.3) is 0 Å². The van der Waals surface area contributed by atoms with Crippen molar-refractivity contribution in [2.45, 2.75) is 25.4 Å². The molecule has 5 heteroatoms. The average molecular weight is 173 g/mol. The maximum absolute atomic E-state index is 10.5. The summed E-state index contributed by atoms with van der Waals surface area (Å²) in [5, 5.41) is 19.9. The van der Waals surface area contributed by atoms with Crippen molar-refractivity contribution in [3.8, 4) is 0 Å². The van der Waals surface area contributed by atoms with E-state index in [-0.39, 0.29) is 12.5 Å². The number of rotatable bonds is 2. The molecule has 0 unspecified atom stereocenters. The Labute approximate surface area is 69.4 Å². The van der Waals surface area contributed by atoms with Gasteiger partial charge in [0, 0.05) is 6.04 Å². The Morgan fingerprint density at radius 2 is 1.92 bits per heavy atom. The van der Waals surface area contributed by atoms with E-state index in [2.05, 4.69) is 5.32 Å². The van der Waals surface area contributed by atoms with E-state index >= 15 is 0 Å². The molecular formula is C7H11NO4. The second kappa shape index (κ2) is 3.10. The summed E-state index contributed by atoms with van der Waals surface area (Å²) in [7, 11) is 0. The Kier molecular flexibility index (Phi) is 2.32. The molecule has 68 valence electrons. The van der Waals surface area contributed by atoms with Gasteiger partial charge in [0.1, 0.15) is 6.04 Å². The maximum Gasteiger partial charge on any atom is 0.320 e. The lowest BCUT2D eigenvalue weighted by molar-refractivity contribution is -0.142. The predicted molar refractivity (Wildman–Crippen MR) is 39.8 cm³/mol. The summed E-state index contributed by atoms with van der Waals surface area (Å²) in [5.41, 5.74) is 0. The van der Waals surface area contributed by atoms with Crippen LogP contribution >= 0.6 is 0 Å². The fraction of sp³-hybridized carbons (Fsp3) is 0.714. The molecule has 0 aromatic rings. The van der Waals surface area contributed by atoms with Gasteiger partial charge in [-0.15, -0.1) is 0 Å². The summed E-state index contributed by atoms with van der Waals surface area (Å²) in [6.07, 6.45) is 0.172. The fourth-order valence-electron chi connectivity index (χ4n) is 1.45. The zero-order valence-electron chi connectivity index (χ0n) is 6.65. The first-order valence-corrected chi connectivity index (χ1v) is 3.74. The van der Waals surface area contributed by atoms with Crippen LogP contribution < -0.4 is 5.32 Å². The molecule has 0 amide bonds. The van der Waals surface area contributed by atoms with E-state index < -0.39 is 23.9 Å². The smallest absolute Gasteiger partial charge is 0.320 e. The number of aliphatic carboxylic acids is 2. The highest BCUT2D eigenvalue weighted by Crippen LogP contribution is 2.20. The summed E-state index contributed by atoms with van der Waals surface area (Å²) in [4.78, 5) is 21.0. The molecule has 5 nitrogen and oxygen atoms in total. The third kappa shape index (κ3) is 1.55. The van der Waals surface area contributed by atoms with Crippen LogP contribution in [0.1, 0.15) is 13.3 Å². The van der Waals surface area contributed by atoms with Crippen LogP contribution in [0.4, 0.5) is 0 Å². The van der Waals surface area contributed by atoms with E-state index in [1.165, 1.54) is 0 Å². The van der Waals surface area contributed by atoms with Crippen LogP contribution in [0, 0.1) is 5.92 Å². The molecule has 3 atom stereocenters. The number of carboxylic acid groups (broad SMARTS) is 2. The Morgan fingerprint density at radius 1 is 1.33 bits per heavy atom. The Bertz CT molecular complexity index is 215. The minimum absolute atomic E-state index is 0.172. The van der Waals surface area contributed by atoms with Gasteiger partial charge in [-0.3, -0.25) is 9.59 Å². The topological polar surface area (TPSA) is 86.6 Å². The second-order valence-electron chi connectivity index (χ2n) is 3.03. The van der Waals surface area contributed by atoms with Crippen LogP contribution in [-0.4, -0.2) is 34.2 Å². The lowest BCUT2D eigenvalue weighted by Gasteiger charge is -2.07. The largest absolute Gasteiger partial charge is 0.481 e. The molecular weight excluding hydrogens is 162 g/mol. The summed E-state index contributed by atoms with van der Waals surface area (Å²) in [6, 6.07) is -0.968. The van der Waals surface area contributed by atoms with E-state index in [0.29, 0.717) is 0 Å². The standard InChI is InChI=1S/C7H11NO4/c1-3-4(6(9)10)2-5(8-3)7(11)12/h3-5,8H,2H2,1H3,(H,9,10)(H,11,12)/t3-,4-,5+/m0/s1. The summed E-state index contributed by atoms with van der Waals surface area (Å²) in [6.45, 7) is 1.68. The van der Waals surface area contributed by atoms with Crippen molar-refractivity contribution < 1.29 is 19.8 Å².